The largest absolute Gasteiger partial charge is 0.313 e. The first-order chi connectivity index (χ1) is 5.75. The summed E-state index contributed by atoms with van der Waals surface area (Å²) in [7, 11) is 3.09. The van der Waals surface area contributed by atoms with Gasteiger partial charge in [-0.3, -0.25) is 9.63 Å². The molecule has 70 valence electrons. The van der Waals surface area contributed by atoms with Gasteiger partial charge in [-0.2, -0.15) is 0 Å². The highest BCUT2D eigenvalue weighted by Crippen LogP contribution is 1.93. The maximum Gasteiger partial charge on any atom is 0.264 e. The first-order valence-electron chi connectivity index (χ1n) is 4.01. The number of nitrogens with zero attached hydrogens (tertiary/aromatic N) is 1. The number of rotatable bonds is 2. The van der Waals surface area contributed by atoms with Crippen LogP contribution < -0.4 is 10.6 Å². The summed E-state index contributed by atoms with van der Waals surface area (Å²) in [4.78, 5) is 16.2. The number of amides is 1. The van der Waals surface area contributed by atoms with Crippen LogP contribution in [0.4, 0.5) is 0 Å². The summed E-state index contributed by atoms with van der Waals surface area (Å²) in [6, 6.07) is -0.149. The Morgan fingerprint density at radius 3 is 2.83 bits per heavy atom. The maximum atomic E-state index is 11.4. The third kappa shape index (κ3) is 2.17. The molecule has 1 aliphatic heterocycles. The van der Waals surface area contributed by atoms with Gasteiger partial charge in [-0.05, 0) is 0 Å². The van der Waals surface area contributed by atoms with Crippen molar-refractivity contribution in [3.05, 3.63) is 0 Å². The quantitative estimate of drug-likeness (QED) is 0.503. The van der Waals surface area contributed by atoms with Crippen LogP contribution in [0.5, 0.6) is 0 Å². The van der Waals surface area contributed by atoms with Crippen LogP contribution in [0.15, 0.2) is 0 Å². The second-order valence-electron chi connectivity index (χ2n) is 2.73. The van der Waals surface area contributed by atoms with Crippen LogP contribution in [0.2, 0.25) is 0 Å². The summed E-state index contributed by atoms with van der Waals surface area (Å²) in [6.45, 7) is 2.42. The highest BCUT2D eigenvalue weighted by molar-refractivity contribution is 5.81. The van der Waals surface area contributed by atoms with Gasteiger partial charge in [0.15, 0.2) is 0 Å². The van der Waals surface area contributed by atoms with E-state index < -0.39 is 0 Å². The number of piperazine rings is 1. The van der Waals surface area contributed by atoms with Gasteiger partial charge in [0.25, 0.3) is 5.91 Å². The van der Waals surface area contributed by atoms with Crippen LogP contribution in [0.1, 0.15) is 0 Å². The van der Waals surface area contributed by atoms with Gasteiger partial charge in [0.05, 0.1) is 7.11 Å². The predicted octanol–water partition coefficient (Wildman–Crippen LogP) is -1.43. The highest BCUT2D eigenvalue weighted by atomic mass is 16.7. The van der Waals surface area contributed by atoms with Crippen molar-refractivity contribution in [3.63, 3.8) is 0 Å². The van der Waals surface area contributed by atoms with Crippen LogP contribution in [-0.4, -0.2) is 50.8 Å². The van der Waals surface area contributed by atoms with Crippen LogP contribution in [0.3, 0.4) is 0 Å². The van der Waals surface area contributed by atoms with Gasteiger partial charge in [0.2, 0.25) is 0 Å². The van der Waals surface area contributed by atoms with Crippen LogP contribution in [0, 0.1) is 0 Å². The molecule has 0 aromatic carbocycles. The lowest BCUT2D eigenvalue weighted by molar-refractivity contribution is -0.171. The number of hydrogen-bond acceptors (Lipinski definition) is 4. The van der Waals surface area contributed by atoms with Crippen molar-refractivity contribution < 1.29 is 9.63 Å². The number of likely N-dealkylation sites (N-methyl/N-ethyl adjacent to an activating group) is 1. The summed E-state index contributed by atoms with van der Waals surface area (Å²) in [6.07, 6.45) is 0. The van der Waals surface area contributed by atoms with Crippen LogP contribution in [0.25, 0.3) is 0 Å². The van der Waals surface area contributed by atoms with E-state index in [1.54, 1.807) is 7.05 Å². The Morgan fingerprint density at radius 2 is 2.33 bits per heavy atom. The molecule has 0 aromatic heterocycles. The Labute approximate surface area is 72.0 Å². The van der Waals surface area contributed by atoms with Crippen molar-refractivity contribution in [2.24, 2.45) is 0 Å². The molecular formula is C7H15N3O2. The third-order valence-electron chi connectivity index (χ3n) is 1.92. The predicted molar refractivity (Wildman–Crippen MR) is 44.4 cm³/mol. The first kappa shape index (κ1) is 9.44. The van der Waals surface area contributed by atoms with E-state index in [2.05, 4.69) is 10.6 Å². The van der Waals surface area contributed by atoms with Crippen molar-refractivity contribution >= 4 is 5.91 Å². The summed E-state index contributed by atoms with van der Waals surface area (Å²) >= 11 is 0. The standard InChI is InChI=1S/C7H15N3O2/c1-10(12-2)7(11)6-5-8-3-4-9-6/h6,8-9H,3-5H2,1-2H3/t6-/m0/s1. The van der Waals surface area contributed by atoms with Crippen molar-refractivity contribution in [2.75, 3.05) is 33.8 Å². The maximum absolute atomic E-state index is 11.4. The topological polar surface area (TPSA) is 53.6 Å². The van der Waals surface area contributed by atoms with Gasteiger partial charge < -0.3 is 10.6 Å². The van der Waals surface area contributed by atoms with Crippen molar-refractivity contribution in [3.8, 4) is 0 Å². The fourth-order valence-electron chi connectivity index (χ4n) is 1.14. The Hall–Kier alpha value is -0.650. The molecule has 0 saturated carbocycles. The van der Waals surface area contributed by atoms with Crippen molar-refractivity contribution in [2.45, 2.75) is 6.04 Å². The van der Waals surface area contributed by atoms with Gasteiger partial charge in [-0.15, -0.1) is 0 Å². The lowest BCUT2D eigenvalue weighted by Gasteiger charge is -2.26. The third-order valence-corrected chi connectivity index (χ3v) is 1.92. The average molecular weight is 173 g/mol. The number of nitrogens with one attached hydrogen (secondary N) is 2. The highest BCUT2D eigenvalue weighted by Gasteiger charge is 2.23. The van der Waals surface area contributed by atoms with E-state index in [1.165, 1.54) is 12.2 Å². The van der Waals surface area contributed by atoms with Gasteiger partial charge in [0.1, 0.15) is 6.04 Å². The molecule has 0 unspecified atom stereocenters. The molecule has 1 saturated heterocycles. The second kappa shape index (κ2) is 4.39. The minimum absolute atomic E-state index is 0.0373. The zero-order valence-corrected chi connectivity index (χ0v) is 7.46. The van der Waals surface area contributed by atoms with Crippen molar-refractivity contribution in [1.82, 2.24) is 15.7 Å². The normalized spacial score (nSPS) is 23.7. The van der Waals surface area contributed by atoms with E-state index in [4.69, 9.17) is 4.84 Å². The number of hydroxylamine groups is 2. The lowest BCUT2D eigenvalue weighted by atomic mass is 10.2. The molecule has 1 aliphatic rings. The monoisotopic (exact) mass is 173 g/mol. The number of carbonyl (C=O) groups is 1. The molecule has 0 radical (unpaired) electrons. The molecule has 0 spiro atoms. The smallest absolute Gasteiger partial charge is 0.264 e. The van der Waals surface area contributed by atoms with Gasteiger partial charge in [0, 0.05) is 26.7 Å². The Kier molecular flexibility index (Phi) is 3.46. The fourth-order valence-corrected chi connectivity index (χ4v) is 1.14. The van der Waals surface area contributed by atoms with E-state index in [9.17, 15) is 4.79 Å². The minimum Gasteiger partial charge on any atom is -0.313 e. The van der Waals surface area contributed by atoms with E-state index in [0.717, 1.165) is 13.1 Å². The Morgan fingerprint density at radius 1 is 1.58 bits per heavy atom. The van der Waals surface area contributed by atoms with E-state index in [0.29, 0.717) is 6.54 Å². The molecule has 1 heterocycles. The summed E-state index contributed by atoms with van der Waals surface area (Å²) in [5.74, 6) is -0.0373. The van der Waals surface area contributed by atoms with Gasteiger partial charge in [-0.25, -0.2) is 5.06 Å². The molecule has 5 nitrogen and oxygen atoms in total. The molecule has 1 fully saturated rings. The molecule has 12 heavy (non-hydrogen) atoms. The zero-order valence-electron chi connectivity index (χ0n) is 7.46. The molecule has 1 rings (SSSR count). The first-order valence-corrected chi connectivity index (χ1v) is 4.01. The second-order valence-corrected chi connectivity index (χ2v) is 2.73. The van der Waals surface area contributed by atoms with Crippen molar-refractivity contribution in [1.29, 1.82) is 0 Å². The molecule has 0 aromatic rings. The molecule has 1 amide bonds. The van der Waals surface area contributed by atoms with Crippen LogP contribution >= 0.6 is 0 Å². The fraction of sp³-hybridized carbons (Fsp3) is 0.857. The van der Waals surface area contributed by atoms with E-state index in [-0.39, 0.29) is 11.9 Å². The molecule has 1 atom stereocenters. The van der Waals surface area contributed by atoms with E-state index in [1.807, 2.05) is 0 Å². The SMILES string of the molecule is CON(C)C(=O)[C@@H]1CNCCN1. The zero-order chi connectivity index (χ0) is 8.97. The molecule has 2 N–H and O–H groups in total. The summed E-state index contributed by atoms with van der Waals surface area (Å²) < 4.78 is 0. The minimum atomic E-state index is -0.149. The van der Waals surface area contributed by atoms with Gasteiger partial charge >= 0.3 is 0 Å². The summed E-state index contributed by atoms with van der Waals surface area (Å²) in [5.41, 5.74) is 0. The number of carbonyl (C=O) groups excluding carboxylic acids is 1. The average Bonchev–Trinajstić information content (AvgIpc) is 2.17. The Balaban J connectivity index is 2.39. The molecular weight excluding hydrogens is 158 g/mol. The Bertz CT molecular complexity index is 157. The van der Waals surface area contributed by atoms with Crippen LogP contribution in [-0.2, 0) is 9.63 Å². The number of hydrogen-bond donors (Lipinski definition) is 2. The molecule has 5 heteroatoms. The van der Waals surface area contributed by atoms with Gasteiger partial charge in [-0.1, -0.05) is 0 Å². The van der Waals surface area contributed by atoms with E-state index >= 15 is 0 Å². The molecule has 0 aliphatic carbocycles. The molecule has 0 bridgehead atoms. The lowest BCUT2D eigenvalue weighted by Crippen LogP contribution is -2.55. The summed E-state index contributed by atoms with van der Waals surface area (Å²) in [5, 5.41) is 7.47.